The topological polar surface area (TPSA) is 44.8 Å². The maximum Gasteiger partial charge on any atom is 0.333 e. The maximum absolute atomic E-state index is 11.4. The summed E-state index contributed by atoms with van der Waals surface area (Å²) in [4.78, 5) is 11.4. The summed E-state index contributed by atoms with van der Waals surface area (Å²) in [6, 6.07) is 2.27. The molecule has 1 unspecified atom stereocenters. The SMILES string of the molecule is C=C(C)C(=O)OCCC[Si](C)(C)O[Si](C)(C)OC(C)[Si](C)(C)CCCC. The van der Waals surface area contributed by atoms with Gasteiger partial charge in [0.1, 0.15) is 0 Å². The largest absolute Gasteiger partial charge is 0.462 e. The number of carbonyl (C=O) groups excluding carboxylic acids is 1. The zero-order valence-corrected chi connectivity index (χ0v) is 21.7. The number of esters is 1. The van der Waals surface area contributed by atoms with Crippen molar-refractivity contribution in [1.29, 1.82) is 0 Å². The van der Waals surface area contributed by atoms with E-state index in [0.717, 1.165) is 12.5 Å². The van der Waals surface area contributed by atoms with E-state index in [4.69, 9.17) is 13.3 Å². The third-order valence-corrected chi connectivity index (χ3v) is 15.6. The van der Waals surface area contributed by atoms with Gasteiger partial charge in [-0.3, -0.25) is 0 Å². The van der Waals surface area contributed by atoms with Gasteiger partial charge < -0.3 is 13.3 Å². The standard InChI is InChI=1S/C19H42O4Si3/c1-11-12-15-24(5,6)18(4)22-26(9,10)23-25(7,8)16-13-14-21-19(20)17(2)3/h18H,2,11-16H2,1,3-10H3. The summed E-state index contributed by atoms with van der Waals surface area (Å²) >= 11 is 0. The summed E-state index contributed by atoms with van der Waals surface area (Å²) in [7, 11) is -5.41. The van der Waals surface area contributed by atoms with Crippen molar-refractivity contribution in [2.75, 3.05) is 6.61 Å². The van der Waals surface area contributed by atoms with Gasteiger partial charge in [0, 0.05) is 11.3 Å². The van der Waals surface area contributed by atoms with Gasteiger partial charge in [-0.2, -0.15) is 0 Å². The van der Waals surface area contributed by atoms with Crippen molar-refractivity contribution < 1.29 is 18.1 Å². The molecule has 0 N–H and O–H groups in total. The van der Waals surface area contributed by atoms with E-state index in [0.29, 0.717) is 17.9 Å². The minimum Gasteiger partial charge on any atom is -0.462 e. The zero-order valence-electron chi connectivity index (χ0n) is 18.7. The van der Waals surface area contributed by atoms with Gasteiger partial charge in [-0.1, -0.05) is 45.5 Å². The smallest absolute Gasteiger partial charge is 0.333 e. The molecule has 0 aromatic rings. The highest BCUT2D eigenvalue weighted by atomic mass is 28.4. The molecule has 0 aromatic heterocycles. The molecule has 0 amide bonds. The van der Waals surface area contributed by atoms with Crippen molar-refractivity contribution in [3.05, 3.63) is 12.2 Å². The number of carbonyl (C=O) groups is 1. The Kier molecular flexibility index (Phi) is 10.9. The van der Waals surface area contributed by atoms with Crippen LogP contribution in [-0.4, -0.2) is 43.3 Å². The molecule has 0 bridgehead atoms. The van der Waals surface area contributed by atoms with Gasteiger partial charge >= 0.3 is 14.5 Å². The van der Waals surface area contributed by atoms with Crippen LogP contribution >= 0.6 is 0 Å². The number of hydrogen-bond acceptors (Lipinski definition) is 4. The Balaban J connectivity index is 4.51. The average Bonchev–Trinajstić information content (AvgIpc) is 2.47. The van der Waals surface area contributed by atoms with Crippen LogP contribution in [0.25, 0.3) is 0 Å². The van der Waals surface area contributed by atoms with E-state index in [-0.39, 0.29) is 5.97 Å². The van der Waals surface area contributed by atoms with Crippen LogP contribution in [0, 0.1) is 0 Å². The second-order valence-electron chi connectivity index (χ2n) is 9.13. The van der Waals surface area contributed by atoms with E-state index in [1.54, 1.807) is 6.92 Å². The molecular formula is C19H42O4Si3. The molecule has 0 aromatic carbocycles. The average molecular weight is 419 g/mol. The van der Waals surface area contributed by atoms with Crippen LogP contribution in [0.2, 0.25) is 51.4 Å². The fraction of sp³-hybridized carbons (Fsp3) is 0.842. The first-order chi connectivity index (χ1) is 11.7. The van der Waals surface area contributed by atoms with E-state index in [1.807, 2.05) is 0 Å². The summed E-state index contributed by atoms with van der Waals surface area (Å²) < 4.78 is 18.3. The van der Waals surface area contributed by atoms with Crippen LogP contribution in [0.4, 0.5) is 0 Å². The van der Waals surface area contributed by atoms with E-state index in [1.165, 1.54) is 18.9 Å². The second-order valence-corrected chi connectivity index (χ2v) is 22.3. The lowest BCUT2D eigenvalue weighted by Gasteiger charge is -2.39. The van der Waals surface area contributed by atoms with Gasteiger partial charge in [-0.15, -0.1) is 0 Å². The van der Waals surface area contributed by atoms with E-state index >= 15 is 0 Å². The van der Waals surface area contributed by atoms with Crippen LogP contribution < -0.4 is 0 Å². The lowest BCUT2D eigenvalue weighted by molar-refractivity contribution is -0.138. The molecule has 0 rings (SSSR count). The van der Waals surface area contributed by atoms with Gasteiger partial charge in [-0.05, 0) is 52.5 Å². The molecule has 0 saturated carbocycles. The first-order valence-corrected chi connectivity index (χ1v) is 19.1. The van der Waals surface area contributed by atoms with Gasteiger partial charge in [0.25, 0.3) is 0 Å². The Morgan fingerprint density at radius 1 is 1.04 bits per heavy atom. The summed E-state index contributed by atoms with van der Waals surface area (Å²) in [5.41, 5.74) is 0.764. The lowest BCUT2D eigenvalue weighted by Crippen LogP contribution is -2.53. The Hall–Kier alpha value is -0.219. The van der Waals surface area contributed by atoms with Crippen LogP contribution in [-0.2, 0) is 18.1 Å². The summed E-state index contributed by atoms with van der Waals surface area (Å²) in [6.07, 6.45) is 3.37. The minimum atomic E-state index is -2.18. The Labute approximate surface area is 165 Å². The number of ether oxygens (including phenoxy) is 1. The fourth-order valence-corrected chi connectivity index (χ4v) is 14.5. The molecule has 4 nitrogen and oxygen atoms in total. The zero-order chi connectivity index (χ0) is 20.6. The third kappa shape index (κ3) is 10.8. The quantitative estimate of drug-likeness (QED) is 0.162. The number of hydrogen-bond donors (Lipinski definition) is 0. The predicted octanol–water partition coefficient (Wildman–Crippen LogP) is 5.87. The normalized spacial score (nSPS) is 14.2. The lowest BCUT2D eigenvalue weighted by atomic mass is 10.4. The molecule has 0 radical (unpaired) electrons. The summed E-state index contributed by atoms with van der Waals surface area (Å²) in [5, 5.41) is 0. The van der Waals surface area contributed by atoms with Gasteiger partial charge in [-0.25, -0.2) is 4.79 Å². The molecule has 0 heterocycles. The monoisotopic (exact) mass is 418 g/mol. The van der Waals surface area contributed by atoms with Gasteiger partial charge in [0.05, 0.1) is 14.7 Å². The molecule has 7 heteroatoms. The van der Waals surface area contributed by atoms with E-state index in [2.05, 4.69) is 59.7 Å². The molecule has 0 saturated heterocycles. The highest BCUT2D eigenvalue weighted by Crippen LogP contribution is 2.26. The number of rotatable bonds is 13. The van der Waals surface area contributed by atoms with Crippen molar-refractivity contribution >= 4 is 30.9 Å². The van der Waals surface area contributed by atoms with Crippen molar-refractivity contribution in [2.45, 2.75) is 97.1 Å². The number of unbranched alkanes of at least 4 members (excludes halogenated alkanes) is 1. The fourth-order valence-electron chi connectivity index (χ4n) is 2.95. The van der Waals surface area contributed by atoms with E-state index in [9.17, 15) is 4.79 Å². The van der Waals surface area contributed by atoms with Crippen LogP contribution in [0.15, 0.2) is 12.2 Å². The predicted molar refractivity (Wildman–Crippen MR) is 119 cm³/mol. The summed E-state index contributed by atoms with van der Waals surface area (Å²) in [5.74, 6) is -0.309. The van der Waals surface area contributed by atoms with Crippen LogP contribution in [0.5, 0.6) is 0 Å². The van der Waals surface area contributed by atoms with Gasteiger partial charge in [0.15, 0.2) is 8.32 Å². The van der Waals surface area contributed by atoms with Gasteiger partial charge in [0.2, 0.25) is 0 Å². The molecule has 0 aliphatic rings. The molecule has 0 aliphatic carbocycles. The first-order valence-electron chi connectivity index (χ1n) is 9.93. The minimum absolute atomic E-state index is 0.309. The molecule has 1 atom stereocenters. The van der Waals surface area contributed by atoms with Crippen molar-refractivity contribution in [1.82, 2.24) is 0 Å². The Morgan fingerprint density at radius 3 is 2.12 bits per heavy atom. The highest BCUT2D eigenvalue weighted by molar-refractivity contribution is 6.83. The van der Waals surface area contributed by atoms with Crippen molar-refractivity contribution in [3.8, 4) is 0 Å². The Morgan fingerprint density at radius 2 is 1.62 bits per heavy atom. The molecule has 0 aliphatic heterocycles. The highest BCUT2D eigenvalue weighted by Gasteiger charge is 2.39. The van der Waals surface area contributed by atoms with Crippen molar-refractivity contribution in [3.63, 3.8) is 0 Å². The molecular weight excluding hydrogens is 376 g/mol. The summed E-state index contributed by atoms with van der Waals surface area (Å²) in [6.45, 7) is 23.8. The van der Waals surface area contributed by atoms with E-state index < -0.39 is 25.0 Å². The molecule has 0 fully saturated rings. The van der Waals surface area contributed by atoms with Crippen molar-refractivity contribution in [2.24, 2.45) is 0 Å². The van der Waals surface area contributed by atoms with Crippen LogP contribution in [0.1, 0.15) is 40.0 Å². The molecule has 0 spiro atoms. The first kappa shape index (κ1) is 25.8. The third-order valence-electron chi connectivity index (χ3n) is 4.76. The molecule has 154 valence electrons. The second kappa shape index (κ2) is 10.9. The van der Waals surface area contributed by atoms with Crippen LogP contribution in [0.3, 0.4) is 0 Å². The maximum atomic E-state index is 11.4. The molecule has 26 heavy (non-hydrogen) atoms. The Bertz CT molecular complexity index is 462.